The lowest BCUT2D eigenvalue weighted by Crippen LogP contribution is -2.41. The second-order valence-corrected chi connectivity index (χ2v) is 3.55. The van der Waals surface area contributed by atoms with Crippen molar-refractivity contribution in [1.29, 1.82) is 0 Å². The third-order valence-corrected chi connectivity index (χ3v) is 1.28. The molecule has 0 aromatic carbocycles. The van der Waals surface area contributed by atoms with Crippen molar-refractivity contribution in [2.24, 2.45) is 5.73 Å². The van der Waals surface area contributed by atoms with Gasteiger partial charge in [0.05, 0.1) is 27.7 Å². The van der Waals surface area contributed by atoms with E-state index in [1.165, 1.54) is 0 Å². The number of likely N-dealkylation sites (N-methyl/N-ethyl adjacent to an activating group) is 1. The van der Waals surface area contributed by atoms with Crippen molar-refractivity contribution < 1.29 is 4.48 Å². The average molecular weight is 146 g/mol. The van der Waals surface area contributed by atoms with Gasteiger partial charge in [-0.05, 0) is 0 Å². The first kappa shape index (κ1) is 9.88. The lowest BCUT2D eigenvalue weighted by Gasteiger charge is -2.23. The Kier molecular flexibility index (Phi) is 4.60. The van der Waals surface area contributed by atoms with E-state index < -0.39 is 0 Å². The highest BCUT2D eigenvalue weighted by atomic mass is 15.3. The van der Waals surface area contributed by atoms with Crippen LogP contribution < -0.4 is 11.1 Å². The molecule has 0 amide bonds. The number of nitrogens with two attached hydrogens (primary N) is 1. The predicted molar refractivity (Wildman–Crippen MR) is 44.8 cm³/mol. The van der Waals surface area contributed by atoms with Gasteiger partial charge in [-0.1, -0.05) is 0 Å². The van der Waals surface area contributed by atoms with Crippen molar-refractivity contribution >= 4 is 0 Å². The lowest BCUT2D eigenvalue weighted by atomic mass is 10.5. The lowest BCUT2D eigenvalue weighted by molar-refractivity contribution is -0.869. The highest BCUT2D eigenvalue weighted by molar-refractivity contribution is 4.44. The van der Waals surface area contributed by atoms with Crippen LogP contribution in [-0.2, 0) is 0 Å². The zero-order chi connectivity index (χ0) is 8.04. The molecule has 0 fully saturated rings. The Bertz CT molecular complexity index is 75.4. The molecule has 62 valence electrons. The number of nitrogens with one attached hydrogen (secondary N) is 1. The van der Waals surface area contributed by atoms with E-state index in [1.54, 1.807) is 0 Å². The summed E-state index contributed by atoms with van der Waals surface area (Å²) in [5.74, 6) is 0. The third kappa shape index (κ3) is 7.88. The summed E-state index contributed by atoms with van der Waals surface area (Å²) >= 11 is 0. The van der Waals surface area contributed by atoms with Crippen LogP contribution in [0.15, 0.2) is 0 Å². The molecule has 0 atom stereocenters. The van der Waals surface area contributed by atoms with Gasteiger partial charge in [0, 0.05) is 19.6 Å². The summed E-state index contributed by atoms with van der Waals surface area (Å²) in [6.45, 7) is 3.87. The molecule has 0 aromatic rings. The van der Waals surface area contributed by atoms with Crippen molar-refractivity contribution in [3.05, 3.63) is 0 Å². The highest BCUT2D eigenvalue weighted by Gasteiger charge is 2.03. The maximum absolute atomic E-state index is 5.31. The molecular weight excluding hydrogens is 126 g/mol. The average Bonchev–Trinajstić information content (AvgIpc) is 1.78. The van der Waals surface area contributed by atoms with Gasteiger partial charge in [0.15, 0.2) is 0 Å². The smallest absolute Gasteiger partial charge is 0.0907 e. The van der Waals surface area contributed by atoms with E-state index in [0.29, 0.717) is 0 Å². The fourth-order valence-corrected chi connectivity index (χ4v) is 0.642. The standard InChI is InChI=1S/C7H20N3/c1-10(2,3)7-6-9-5-4-8/h9H,4-8H2,1-3H3/q+1. The largest absolute Gasteiger partial charge is 0.330 e. The molecule has 0 aliphatic rings. The van der Waals surface area contributed by atoms with Gasteiger partial charge < -0.3 is 15.5 Å². The first-order valence-corrected chi connectivity index (χ1v) is 3.77. The van der Waals surface area contributed by atoms with Gasteiger partial charge in [0.1, 0.15) is 0 Å². The minimum Gasteiger partial charge on any atom is -0.330 e. The Morgan fingerprint density at radius 1 is 1.20 bits per heavy atom. The molecule has 0 aliphatic carbocycles. The van der Waals surface area contributed by atoms with Crippen LogP contribution in [-0.4, -0.2) is 51.8 Å². The van der Waals surface area contributed by atoms with Crippen LogP contribution in [0.5, 0.6) is 0 Å². The van der Waals surface area contributed by atoms with Crippen LogP contribution in [0.2, 0.25) is 0 Å². The second kappa shape index (κ2) is 4.66. The van der Waals surface area contributed by atoms with E-state index in [-0.39, 0.29) is 0 Å². The van der Waals surface area contributed by atoms with Gasteiger partial charge in [0.2, 0.25) is 0 Å². The fourth-order valence-electron chi connectivity index (χ4n) is 0.642. The number of nitrogens with zero attached hydrogens (tertiary/aromatic N) is 1. The molecule has 0 unspecified atom stereocenters. The zero-order valence-electron chi connectivity index (χ0n) is 7.35. The molecule has 0 saturated heterocycles. The van der Waals surface area contributed by atoms with E-state index in [4.69, 9.17) is 5.73 Å². The van der Waals surface area contributed by atoms with Crippen LogP contribution in [0.3, 0.4) is 0 Å². The molecule has 10 heavy (non-hydrogen) atoms. The van der Waals surface area contributed by atoms with E-state index in [0.717, 1.165) is 30.7 Å². The van der Waals surface area contributed by atoms with E-state index in [9.17, 15) is 0 Å². The van der Waals surface area contributed by atoms with Crippen molar-refractivity contribution in [3.63, 3.8) is 0 Å². The number of hydrogen-bond acceptors (Lipinski definition) is 2. The molecule has 0 spiro atoms. The molecule has 3 heteroatoms. The molecule has 3 nitrogen and oxygen atoms in total. The van der Waals surface area contributed by atoms with Crippen LogP contribution in [0.4, 0.5) is 0 Å². The van der Waals surface area contributed by atoms with Crippen LogP contribution in [0.1, 0.15) is 0 Å². The molecule has 0 heterocycles. The quantitative estimate of drug-likeness (QED) is 0.395. The van der Waals surface area contributed by atoms with Crippen LogP contribution >= 0.6 is 0 Å². The van der Waals surface area contributed by atoms with Crippen LogP contribution in [0, 0.1) is 0 Å². The van der Waals surface area contributed by atoms with Crippen molar-refractivity contribution in [2.75, 3.05) is 47.3 Å². The summed E-state index contributed by atoms with van der Waals surface area (Å²) in [4.78, 5) is 0. The fraction of sp³-hybridized carbons (Fsp3) is 1.00. The predicted octanol–water partition coefficient (Wildman–Crippen LogP) is -0.759. The molecule has 0 aromatic heterocycles. The van der Waals surface area contributed by atoms with Crippen LogP contribution in [0.25, 0.3) is 0 Å². The Morgan fingerprint density at radius 2 is 1.80 bits per heavy atom. The summed E-state index contributed by atoms with van der Waals surface area (Å²) in [6.07, 6.45) is 0. The molecule has 0 radical (unpaired) electrons. The van der Waals surface area contributed by atoms with Crippen molar-refractivity contribution in [2.45, 2.75) is 0 Å². The summed E-state index contributed by atoms with van der Waals surface area (Å²) < 4.78 is 1.01. The molecule has 0 bridgehead atoms. The monoisotopic (exact) mass is 146 g/mol. The maximum atomic E-state index is 5.31. The van der Waals surface area contributed by atoms with Crippen molar-refractivity contribution in [3.8, 4) is 0 Å². The van der Waals surface area contributed by atoms with Gasteiger partial charge in [-0.15, -0.1) is 0 Å². The maximum Gasteiger partial charge on any atom is 0.0907 e. The number of hydrogen-bond donors (Lipinski definition) is 2. The normalized spacial score (nSPS) is 12.0. The Hall–Kier alpha value is -0.120. The summed E-state index contributed by atoms with van der Waals surface area (Å²) in [6, 6.07) is 0. The SMILES string of the molecule is C[N+](C)(C)CCNCCN. The molecule has 3 N–H and O–H groups in total. The molecule has 0 rings (SSSR count). The summed E-state index contributed by atoms with van der Waals surface area (Å²) in [7, 11) is 6.55. The van der Waals surface area contributed by atoms with Crippen molar-refractivity contribution in [1.82, 2.24) is 5.32 Å². The third-order valence-electron chi connectivity index (χ3n) is 1.28. The summed E-state index contributed by atoms with van der Waals surface area (Å²) in [5.41, 5.74) is 5.31. The second-order valence-electron chi connectivity index (χ2n) is 3.55. The zero-order valence-corrected chi connectivity index (χ0v) is 7.35. The van der Waals surface area contributed by atoms with Gasteiger partial charge >= 0.3 is 0 Å². The minimum atomic E-state index is 0.733. The minimum absolute atomic E-state index is 0.733. The molecular formula is C7H20N3+. The van der Waals surface area contributed by atoms with Gasteiger partial charge in [-0.25, -0.2) is 0 Å². The van der Waals surface area contributed by atoms with Gasteiger partial charge in [-0.2, -0.15) is 0 Å². The Balaban J connectivity index is 3.04. The van der Waals surface area contributed by atoms with Gasteiger partial charge in [0.25, 0.3) is 0 Å². The van der Waals surface area contributed by atoms with Gasteiger partial charge in [-0.3, -0.25) is 0 Å². The van der Waals surface area contributed by atoms with E-state index in [2.05, 4.69) is 26.5 Å². The van der Waals surface area contributed by atoms with E-state index in [1.807, 2.05) is 0 Å². The summed E-state index contributed by atoms with van der Waals surface area (Å²) in [5, 5.41) is 3.25. The highest BCUT2D eigenvalue weighted by Crippen LogP contribution is 1.85. The number of rotatable bonds is 5. The Morgan fingerprint density at radius 3 is 2.20 bits per heavy atom. The first-order chi connectivity index (χ1) is 4.56. The van der Waals surface area contributed by atoms with E-state index >= 15 is 0 Å². The molecule has 0 saturated carbocycles. The molecule has 0 aliphatic heterocycles. The topological polar surface area (TPSA) is 38.0 Å². The Labute approximate surface area is 63.8 Å². The first-order valence-electron chi connectivity index (χ1n) is 3.77. The number of quaternary nitrogens is 1.